The smallest absolute Gasteiger partial charge is 0.160 e. The highest BCUT2D eigenvalue weighted by atomic mass is 32.1. The first-order valence-electron chi connectivity index (χ1n) is 15.2. The zero-order valence-corrected chi connectivity index (χ0v) is 25.2. The van der Waals surface area contributed by atoms with Crippen molar-refractivity contribution in [3.05, 3.63) is 164 Å². The maximum Gasteiger partial charge on any atom is 0.160 e. The van der Waals surface area contributed by atoms with Crippen LogP contribution in [0.25, 0.3) is 64.4 Å². The minimum absolute atomic E-state index is 0.871. The summed E-state index contributed by atoms with van der Waals surface area (Å²) in [7, 11) is 0. The van der Waals surface area contributed by atoms with Crippen LogP contribution in [0.4, 0.5) is 17.1 Å². The molecule has 212 valence electrons. The molecule has 2 aromatic heterocycles. The van der Waals surface area contributed by atoms with Gasteiger partial charge in [0.05, 0.1) is 11.4 Å². The maximum atomic E-state index is 6.82. The van der Waals surface area contributed by atoms with Gasteiger partial charge in [0.1, 0.15) is 5.58 Å². The fourth-order valence-electron chi connectivity index (χ4n) is 6.62. The van der Waals surface area contributed by atoms with E-state index in [1.54, 1.807) is 0 Å². The Morgan fingerprint density at radius 2 is 1.09 bits per heavy atom. The fraction of sp³-hybridized carbons (Fsp3) is 0. The summed E-state index contributed by atoms with van der Waals surface area (Å²) in [5.41, 5.74) is 9.52. The summed E-state index contributed by atoms with van der Waals surface area (Å²) >= 11 is 1.84. The van der Waals surface area contributed by atoms with Gasteiger partial charge in [-0.1, -0.05) is 121 Å². The van der Waals surface area contributed by atoms with E-state index in [9.17, 15) is 0 Å². The van der Waals surface area contributed by atoms with Gasteiger partial charge in [0.15, 0.2) is 5.58 Å². The van der Waals surface area contributed by atoms with Crippen molar-refractivity contribution in [1.29, 1.82) is 0 Å². The van der Waals surface area contributed by atoms with Gasteiger partial charge < -0.3 is 9.32 Å². The van der Waals surface area contributed by atoms with Crippen LogP contribution >= 0.6 is 11.3 Å². The zero-order valence-electron chi connectivity index (χ0n) is 24.4. The molecule has 0 aliphatic carbocycles. The predicted octanol–water partition coefficient (Wildman–Crippen LogP) is 12.8. The summed E-state index contributed by atoms with van der Waals surface area (Å²) < 4.78 is 9.39. The highest BCUT2D eigenvalue weighted by Gasteiger charge is 2.26. The van der Waals surface area contributed by atoms with E-state index >= 15 is 0 Å². The molecule has 0 aliphatic heterocycles. The molecule has 2 heterocycles. The van der Waals surface area contributed by atoms with Crippen LogP contribution in [0.2, 0.25) is 0 Å². The van der Waals surface area contributed by atoms with Crippen LogP contribution in [-0.2, 0) is 0 Å². The number of para-hydroxylation sites is 2. The number of nitrogens with zero attached hydrogens (tertiary/aromatic N) is 1. The number of benzene rings is 7. The van der Waals surface area contributed by atoms with E-state index in [4.69, 9.17) is 4.42 Å². The lowest BCUT2D eigenvalue weighted by Gasteiger charge is -2.30. The predicted molar refractivity (Wildman–Crippen MR) is 192 cm³/mol. The van der Waals surface area contributed by atoms with E-state index in [0.717, 1.165) is 55.7 Å². The van der Waals surface area contributed by atoms with Crippen LogP contribution in [0.5, 0.6) is 0 Å². The quantitative estimate of drug-likeness (QED) is 0.197. The summed E-state index contributed by atoms with van der Waals surface area (Å²) in [5, 5.41) is 4.75. The van der Waals surface area contributed by atoms with Gasteiger partial charge in [0, 0.05) is 47.8 Å². The van der Waals surface area contributed by atoms with E-state index < -0.39 is 0 Å². The van der Waals surface area contributed by atoms with Crippen LogP contribution < -0.4 is 4.90 Å². The van der Waals surface area contributed by atoms with Crippen LogP contribution in [0, 0.1) is 0 Å². The molecule has 9 rings (SSSR count). The topological polar surface area (TPSA) is 16.4 Å². The lowest BCUT2D eigenvalue weighted by atomic mass is 9.97. The van der Waals surface area contributed by atoms with E-state index in [1.807, 2.05) is 17.4 Å². The molecule has 0 unspecified atom stereocenters. The Kier molecular flexibility index (Phi) is 6.03. The first kappa shape index (κ1) is 25.8. The number of hydrogen-bond donors (Lipinski definition) is 0. The van der Waals surface area contributed by atoms with Gasteiger partial charge in [-0.15, -0.1) is 11.3 Å². The summed E-state index contributed by atoms with van der Waals surface area (Å²) in [4.78, 5) is 2.42. The monoisotopic (exact) mass is 593 g/mol. The lowest BCUT2D eigenvalue weighted by Crippen LogP contribution is -2.13. The van der Waals surface area contributed by atoms with Crippen molar-refractivity contribution in [2.45, 2.75) is 0 Å². The Morgan fingerprint density at radius 1 is 0.444 bits per heavy atom. The van der Waals surface area contributed by atoms with E-state index in [1.165, 1.54) is 25.7 Å². The average molecular weight is 594 g/mol. The molecule has 2 nitrogen and oxygen atoms in total. The third kappa shape index (κ3) is 4.24. The molecule has 0 saturated heterocycles. The Balaban J connectivity index is 1.43. The first-order valence-corrected chi connectivity index (χ1v) is 16.0. The van der Waals surface area contributed by atoms with E-state index in [0.29, 0.717) is 0 Å². The molecule has 3 heteroatoms. The van der Waals surface area contributed by atoms with Gasteiger partial charge >= 0.3 is 0 Å². The van der Waals surface area contributed by atoms with Crippen molar-refractivity contribution in [2.24, 2.45) is 0 Å². The van der Waals surface area contributed by atoms with Crippen LogP contribution in [0.1, 0.15) is 0 Å². The summed E-state index contributed by atoms with van der Waals surface area (Å²) in [6.45, 7) is 0. The van der Waals surface area contributed by atoms with Gasteiger partial charge in [0.25, 0.3) is 0 Å². The highest BCUT2D eigenvalue weighted by Crippen LogP contribution is 2.50. The number of anilines is 3. The normalized spacial score (nSPS) is 11.6. The maximum absolute atomic E-state index is 6.82. The second-order valence-corrected chi connectivity index (χ2v) is 12.4. The SMILES string of the molecule is c1ccc(-c2ccccc2N(c2ccc3sc4ccccc4c3c2)c2c(-c3ccccc3)ccc3c2oc2ccccc23)cc1. The first-order chi connectivity index (χ1) is 22.3. The van der Waals surface area contributed by atoms with Gasteiger partial charge in [-0.05, 0) is 53.6 Å². The van der Waals surface area contributed by atoms with E-state index in [-0.39, 0.29) is 0 Å². The molecule has 0 saturated carbocycles. The Bertz CT molecular complexity index is 2490. The molecule has 0 fully saturated rings. The average Bonchev–Trinajstić information content (AvgIpc) is 3.68. The summed E-state index contributed by atoms with van der Waals surface area (Å²) in [5.74, 6) is 0. The number of rotatable bonds is 5. The number of fused-ring (bicyclic) bond motifs is 6. The molecule has 0 N–H and O–H groups in total. The second-order valence-electron chi connectivity index (χ2n) is 11.3. The number of furan rings is 1. The van der Waals surface area contributed by atoms with Crippen molar-refractivity contribution in [3.8, 4) is 22.3 Å². The molecule has 7 aromatic carbocycles. The molecule has 45 heavy (non-hydrogen) atoms. The minimum Gasteiger partial charge on any atom is -0.454 e. The molecular formula is C42H27NOS. The molecule has 0 aliphatic rings. The molecule has 9 aromatic rings. The van der Waals surface area contributed by atoms with Crippen LogP contribution in [-0.4, -0.2) is 0 Å². The molecule has 0 amide bonds. The zero-order chi connectivity index (χ0) is 29.7. The summed E-state index contributed by atoms with van der Waals surface area (Å²) in [6, 6.07) is 58.4. The Hall–Kier alpha value is -5.64. The van der Waals surface area contributed by atoms with Gasteiger partial charge in [-0.3, -0.25) is 0 Å². The number of hydrogen-bond acceptors (Lipinski definition) is 3. The van der Waals surface area contributed by atoms with Crippen LogP contribution in [0.3, 0.4) is 0 Å². The standard InChI is InChI=1S/C42H27NOS/c1-3-13-28(14-4-1)31-17-7-10-20-37(31)43(30-23-26-40-36(27-30)34-19-9-12-22-39(34)45-40)41-32(29-15-5-2-6-16-29)24-25-35-33-18-8-11-21-38(33)44-42(35)41/h1-27H. The van der Waals surface area contributed by atoms with Crippen molar-refractivity contribution >= 4 is 70.5 Å². The second kappa shape index (κ2) is 10.5. The van der Waals surface area contributed by atoms with Gasteiger partial charge in [-0.25, -0.2) is 0 Å². The van der Waals surface area contributed by atoms with Crippen molar-refractivity contribution < 1.29 is 4.42 Å². The Labute approximate surface area is 265 Å². The van der Waals surface area contributed by atoms with Gasteiger partial charge in [0.2, 0.25) is 0 Å². The highest BCUT2D eigenvalue weighted by molar-refractivity contribution is 7.25. The minimum atomic E-state index is 0.871. The Morgan fingerprint density at radius 3 is 1.91 bits per heavy atom. The van der Waals surface area contributed by atoms with Crippen molar-refractivity contribution in [2.75, 3.05) is 4.90 Å². The molecule has 0 radical (unpaired) electrons. The lowest BCUT2D eigenvalue weighted by molar-refractivity contribution is 0.669. The third-order valence-corrected chi connectivity index (χ3v) is 9.83. The molecule has 0 bridgehead atoms. The van der Waals surface area contributed by atoms with E-state index in [2.05, 4.69) is 163 Å². The third-order valence-electron chi connectivity index (χ3n) is 8.68. The largest absolute Gasteiger partial charge is 0.454 e. The van der Waals surface area contributed by atoms with Crippen molar-refractivity contribution in [3.63, 3.8) is 0 Å². The van der Waals surface area contributed by atoms with Crippen molar-refractivity contribution in [1.82, 2.24) is 0 Å². The molecule has 0 spiro atoms. The van der Waals surface area contributed by atoms with Gasteiger partial charge in [-0.2, -0.15) is 0 Å². The summed E-state index contributed by atoms with van der Waals surface area (Å²) in [6.07, 6.45) is 0. The number of thiophene rings is 1. The van der Waals surface area contributed by atoms with Crippen LogP contribution in [0.15, 0.2) is 168 Å². The molecular weight excluding hydrogens is 567 g/mol. The molecule has 0 atom stereocenters. The fourth-order valence-corrected chi connectivity index (χ4v) is 7.71.